The van der Waals surface area contributed by atoms with Gasteiger partial charge in [-0.2, -0.15) is 0 Å². The predicted molar refractivity (Wildman–Crippen MR) is 110 cm³/mol. The van der Waals surface area contributed by atoms with Gasteiger partial charge in [-0.25, -0.2) is 4.79 Å². The van der Waals surface area contributed by atoms with Gasteiger partial charge >= 0.3 is 5.97 Å². The maximum atomic E-state index is 12.3. The number of nitro benzene ring substituents is 1. The molecule has 2 N–H and O–H groups in total. The number of aryl methyl sites for hydroxylation is 2. The topological polar surface area (TPSA) is 128 Å². The van der Waals surface area contributed by atoms with Crippen LogP contribution in [0, 0.1) is 30.9 Å². The van der Waals surface area contributed by atoms with E-state index in [1.54, 1.807) is 0 Å². The number of hydrogen-bond acceptors (Lipinski definition) is 6. The van der Waals surface area contributed by atoms with E-state index in [1.807, 2.05) is 32.0 Å². The van der Waals surface area contributed by atoms with Crippen LogP contribution in [0.1, 0.15) is 34.0 Å². The third kappa shape index (κ3) is 5.40. The number of nitrogens with one attached hydrogen (secondary N) is 2. The minimum atomic E-state index is -1.19. The minimum absolute atomic E-state index is 0.00313. The van der Waals surface area contributed by atoms with E-state index in [4.69, 9.17) is 4.74 Å². The van der Waals surface area contributed by atoms with E-state index in [9.17, 15) is 24.5 Å². The molecule has 9 heteroatoms. The number of rotatable bonds is 7. The van der Waals surface area contributed by atoms with Crippen molar-refractivity contribution in [1.82, 2.24) is 5.32 Å². The number of hydrogen-bond donors (Lipinski definition) is 2. The lowest BCUT2D eigenvalue weighted by Gasteiger charge is -2.15. The molecule has 0 aromatic heterocycles. The van der Waals surface area contributed by atoms with Crippen LogP contribution >= 0.6 is 0 Å². The van der Waals surface area contributed by atoms with Crippen molar-refractivity contribution in [2.75, 3.05) is 11.9 Å². The number of anilines is 1. The highest BCUT2D eigenvalue weighted by Gasteiger charge is 2.23. The number of para-hydroxylation sites is 1. The Morgan fingerprint density at radius 1 is 1.07 bits per heavy atom. The Kier molecular flexibility index (Phi) is 7.24. The van der Waals surface area contributed by atoms with Crippen molar-refractivity contribution in [2.45, 2.75) is 33.8 Å². The standard InChI is InChI=1S/C21H23N3O6/c1-12-7-5-8-13(2)19(12)23-18(25)11-22-20(26)15(4)30-21(27)16-9-6-10-17(14(16)3)24(28)29/h5-10,15H,11H2,1-4H3,(H,22,26)(H,23,25). The summed E-state index contributed by atoms with van der Waals surface area (Å²) >= 11 is 0. The number of nitro groups is 1. The van der Waals surface area contributed by atoms with Gasteiger partial charge in [-0.3, -0.25) is 19.7 Å². The summed E-state index contributed by atoms with van der Waals surface area (Å²) in [7, 11) is 0. The lowest BCUT2D eigenvalue weighted by Crippen LogP contribution is -2.40. The fourth-order valence-corrected chi connectivity index (χ4v) is 2.83. The van der Waals surface area contributed by atoms with E-state index < -0.39 is 28.8 Å². The summed E-state index contributed by atoms with van der Waals surface area (Å²) < 4.78 is 5.10. The Morgan fingerprint density at radius 2 is 1.67 bits per heavy atom. The molecule has 2 rings (SSSR count). The van der Waals surface area contributed by atoms with Crippen LogP contribution in [0.15, 0.2) is 36.4 Å². The number of esters is 1. The molecule has 30 heavy (non-hydrogen) atoms. The van der Waals surface area contributed by atoms with E-state index in [0.29, 0.717) is 5.69 Å². The number of nitrogens with zero attached hydrogens (tertiary/aromatic N) is 1. The van der Waals surface area contributed by atoms with Crippen LogP contribution in [-0.2, 0) is 14.3 Å². The first-order valence-corrected chi connectivity index (χ1v) is 9.20. The molecule has 0 saturated heterocycles. The molecule has 0 bridgehead atoms. The highest BCUT2D eigenvalue weighted by atomic mass is 16.6. The van der Waals surface area contributed by atoms with Gasteiger partial charge in [-0.15, -0.1) is 0 Å². The molecule has 0 aliphatic carbocycles. The molecule has 2 aromatic carbocycles. The minimum Gasteiger partial charge on any atom is -0.449 e. The third-order valence-corrected chi connectivity index (χ3v) is 4.54. The zero-order valence-corrected chi connectivity index (χ0v) is 17.1. The van der Waals surface area contributed by atoms with Crippen molar-refractivity contribution >= 4 is 29.2 Å². The number of carbonyl (C=O) groups is 3. The lowest BCUT2D eigenvalue weighted by molar-refractivity contribution is -0.385. The van der Waals surface area contributed by atoms with Crippen molar-refractivity contribution in [2.24, 2.45) is 0 Å². The van der Waals surface area contributed by atoms with Gasteiger partial charge in [0, 0.05) is 17.3 Å². The maximum Gasteiger partial charge on any atom is 0.339 e. The third-order valence-electron chi connectivity index (χ3n) is 4.54. The van der Waals surface area contributed by atoms with Gasteiger partial charge < -0.3 is 15.4 Å². The van der Waals surface area contributed by atoms with E-state index in [2.05, 4.69) is 10.6 Å². The van der Waals surface area contributed by atoms with Crippen LogP contribution in [0.25, 0.3) is 0 Å². The molecule has 0 heterocycles. The monoisotopic (exact) mass is 413 g/mol. The molecule has 9 nitrogen and oxygen atoms in total. The van der Waals surface area contributed by atoms with Crippen LogP contribution in [-0.4, -0.2) is 35.4 Å². The zero-order chi connectivity index (χ0) is 22.4. The smallest absolute Gasteiger partial charge is 0.339 e. The molecule has 0 radical (unpaired) electrons. The second kappa shape index (κ2) is 9.64. The van der Waals surface area contributed by atoms with Gasteiger partial charge in [0.1, 0.15) is 0 Å². The first-order valence-electron chi connectivity index (χ1n) is 9.20. The number of carbonyl (C=O) groups excluding carboxylic acids is 3. The Balaban J connectivity index is 1.93. The molecule has 1 unspecified atom stereocenters. The highest BCUT2D eigenvalue weighted by molar-refractivity contribution is 5.97. The molecule has 0 fully saturated rings. The van der Waals surface area contributed by atoms with Crippen LogP contribution in [0.4, 0.5) is 11.4 Å². The summed E-state index contributed by atoms with van der Waals surface area (Å²) in [5, 5.41) is 16.1. The lowest BCUT2D eigenvalue weighted by atomic mass is 10.1. The average Bonchev–Trinajstić information content (AvgIpc) is 2.68. The molecule has 158 valence electrons. The fourth-order valence-electron chi connectivity index (χ4n) is 2.83. The average molecular weight is 413 g/mol. The highest BCUT2D eigenvalue weighted by Crippen LogP contribution is 2.22. The van der Waals surface area contributed by atoms with Gasteiger partial charge in [-0.05, 0) is 44.9 Å². The van der Waals surface area contributed by atoms with Crippen LogP contribution in [0.3, 0.4) is 0 Å². The van der Waals surface area contributed by atoms with Crippen molar-refractivity contribution in [3.63, 3.8) is 0 Å². The van der Waals surface area contributed by atoms with Crippen molar-refractivity contribution in [1.29, 1.82) is 0 Å². The second-order valence-corrected chi connectivity index (χ2v) is 6.79. The molecule has 2 amide bonds. The number of ether oxygens (including phenoxy) is 1. The molecule has 0 saturated carbocycles. The Morgan fingerprint density at radius 3 is 2.27 bits per heavy atom. The maximum absolute atomic E-state index is 12.3. The molecular formula is C21H23N3O6. The Bertz CT molecular complexity index is 982. The summed E-state index contributed by atoms with van der Waals surface area (Å²) in [6.45, 7) is 6.20. The quantitative estimate of drug-likeness (QED) is 0.408. The molecule has 0 aliphatic heterocycles. The summed E-state index contributed by atoms with van der Waals surface area (Å²) in [6, 6.07) is 9.62. The number of benzene rings is 2. The van der Waals surface area contributed by atoms with Gasteiger partial charge in [0.05, 0.1) is 17.0 Å². The van der Waals surface area contributed by atoms with Gasteiger partial charge in [0.2, 0.25) is 5.91 Å². The SMILES string of the molecule is Cc1cccc(C)c1NC(=O)CNC(=O)C(C)OC(=O)c1cccc([N+](=O)[O-])c1C. The Labute approximate surface area is 173 Å². The van der Waals surface area contributed by atoms with Crippen molar-refractivity contribution in [3.8, 4) is 0 Å². The molecule has 0 spiro atoms. The van der Waals surface area contributed by atoms with Crippen LogP contribution in [0.5, 0.6) is 0 Å². The van der Waals surface area contributed by atoms with Crippen molar-refractivity contribution in [3.05, 3.63) is 68.8 Å². The molecule has 0 aliphatic rings. The van der Waals surface area contributed by atoms with E-state index >= 15 is 0 Å². The van der Waals surface area contributed by atoms with Gasteiger partial charge in [0.25, 0.3) is 11.6 Å². The fraction of sp³-hybridized carbons (Fsp3) is 0.286. The summed E-state index contributed by atoms with van der Waals surface area (Å²) in [4.78, 5) is 47.0. The van der Waals surface area contributed by atoms with Crippen LogP contribution < -0.4 is 10.6 Å². The first-order chi connectivity index (χ1) is 14.1. The van der Waals surface area contributed by atoms with Crippen LogP contribution in [0.2, 0.25) is 0 Å². The summed E-state index contributed by atoms with van der Waals surface area (Å²) in [5.74, 6) is -1.95. The van der Waals surface area contributed by atoms with E-state index in [0.717, 1.165) is 11.1 Å². The summed E-state index contributed by atoms with van der Waals surface area (Å²) in [6.07, 6.45) is -1.19. The molecule has 1 atom stereocenters. The largest absolute Gasteiger partial charge is 0.449 e. The molecule has 2 aromatic rings. The zero-order valence-electron chi connectivity index (χ0n) is 17.1. The van der Waals surface area contributed by atoms with Gasteiger partial charge in [0.15, 0.2) is 6.10 Å². The summed E-state index contributed by atoms with van der Waals surface area (Å²) in [5.41, 5.74) is 2.39. The number of amides is 2. The molecular weight excluding hydrogens is 390 g/mol. The van der Waals surface area contributed by atoms with Crippen molar-refractivity contribution < 1.29 is 24.0 Å². The predicted octanol–water partition coefficient (Wildman–Crippen LogP) is 2.82. The second-order valence-electron chi connectivity index (χ2n) is 6.79. The Hall–Kier alpha value is -3.75. The van der Waals surface area contributed by atoms with E-state index in [-0.39, 0.29) is 23.4 Å². The normalized spacial score (nSPS) is 11.3. The first kappa shape index (κ1) is 22.5. The van der Waals surface area contributed by atoms with E-state index in [1.165, 1.54) is 32.0 Å². The van der Waals surface area contributed by atoms with Gasteiger partial charge in [-0.1, -0.05) is 24.3 Å².